The Kier molecular flexibility index (Phi) is 3.19. The van der Waals surface area contributed by atoms with Crippen LogP contribution in [0.4, 0.5) is 0 Å². The van der Waals surface area contributed by atoms with Gasteiger partial charge in [-0.25, -0.2) is 0 Å². The molecule has 1 amide bonds. The van der Waals surface area contributed by atoms with Crippen molar-refractivity contribution in [1.82, 2.24) is 14.7 Å². The molecule has 2 N–H and O–H groups in total. The van der Waals surface area contributed by atoms with Crippen LogP contribution in [0, 0.1) is 13.8 Å². The fourth-order valence-corrected chi connectivity index (χ4v) is 2.39. The normalized spacial score (nSPS) is 21.9. The largest absolute Gasteiger partial charge is 0.339 e. The summed E-state index contributed by atoms with van der Waals surface area (Å²) in [7, 11) is 0. The molecule has 94 valence electrons. The van der Waals surface area contributed by atoms with Crippen LogP contribution in [0.2, 0.25) is 0 Å². The molecule has 1 fully saturated rings. The third kappa shape index (κ3) is 2.34. The van der Waals surface area contributed by atoms with E-state index in [0.29, 0.717) is 6.54 Å². The number of hydrogen-bond donors (Lipinski definition) is 1. The van der Waals surface area contributed by atoms with Crippen molar-refractivity contribution in [3.63, 3.8) is 0 Å². The van der Waals surface area contributed by atoms with Crippen molar-refractivity contribution in [2.75, 3.05) is 13.1 Å². The lowest BCUT2D eigenvalue weighted by atomic mass is 10.3. The topological polar surface area (TPSA) is 64.2 Å². The second-order valence-electron chi connectivity index (χ2n) is 4.88. The second-order valence-corrected chi connectivity index (χ2v) is 4.88. The third-order valence-corrected chi connectivity index (χ3v) is 3.31. The van der Waals surface area contributed by atoms with Crippen molar-refractivity contribution < 1.29 is 4.79 Å². The Labute approximate surface area is 102 Å². The average Bonchev–Trinajstić information content (AvgIpc) is 2.83. The van der Waals surface area contributed by atoms with E-state index in [2.05, 4.69) is 5.10 Å². The molecule has 1 aromatic rings. The number of hydrogen-bond acceptors (Lipinski definition) is 3. The van der Waals surface area contributed by atoms with Gasteiger partial charge >= 0.3 is 0 Å². The summed E-state index contributed by atoms with van der Waals surface area (Å²) in [5.74, 6) is 0.115. The van der Waals surface area contributed by atoms with E-state index in [1.165, 1.54) is 0 Å². The zero-order valence-electron chi connectivity index (χ0n) is 10.7. The van der Waals surface area contributed by atoms with Crippen LogP contribution in [0.1, 0.15) is 30.8 Å². The second kappa shape index (κ2) is 4.49. The minimum atomic E-state index is -0.242. The highest BCUT2D eigenvalue weighted by molar-refractivity contribution is 5.80. The predicted molar refractivity (Wildman–Crippen MR) is 65.6 cm³/mol. The van der Waals surface area contributed by atoms with Crippen molar-refractivity contribution in [3.05, 3.63) is 17.5 Å². The summed E-state index contributed by atoms with van der Waals surface area (Å²) in [6.45, 7) is 7.24. The summed E-state index contributed by atoms with van der Waals surface area (Å²) >= 11 is 0. The molecular weight excluding hydrogens is 216 g/mol. The van der Waals surface area contributed by atoms with Gasteiger partial charge in [0, 0.05) is 24.8 Å². The standard InChI is InChI=1S/C12H20N4O/c1-8-6-9(2)16(14-8)10(3)12(17)15-5-4-11(13)7-15/h6,10-11H,4-5,7,13H2,1-3H3/t10?,11-/m0/s1. The molecule has 1 aliphatic rings. The lowest BCUT2D eigenvalue weighted by Gasteiger charge is -2.21. The number of likely N-dealkylation sites (tertiary alicyclic amines) is 1. The van der Waals surface area contributed by atoms with E-state index in [4.69, 9.17) is 5.73 Å². The first-order valence-corrected chi connectivity index (χ1v) is 6.06. The SMILES string of the molecule is Cc1cc(C)n(C(C)C(=O)N2CC[C@H](N)C2)n1. The van der Waals surface area contributed by atoms with E-state index >= 15 is 0 Å². The van der Waals surface area contributed by atoms with Crippen LogP contribution in [0.5, 0.6) is 0 Å². The number of carbonyl (C=O) groups excluding carboxylic acids is 1. The Balaban J connectivity index is 2.12. The average molecular weight is 236 g/mol. The highest BCUT2D eigenvalue weighted by Crippen LogP contribution is 2.17. The molecule has 0 aliphatic carbocycles. The first kappa shape index (κ1) is 12.1. The van der Waals surface area contributed by atoms with E-state index < -0.39 is 0 Å². The Bertz CT molecular complexity index is 426. The smallest absolute Gasteiger partial charge is 0.247 e. The van der Waals surface area contributed by atoms with Gasteiger partial charge in [0.25, 0.3) is 0 Å². The molecule has 2 heterocycles. The highest BCUT2D eigenvalue weighted by Gasteiger charge is 2.28. The molecule has 0 saturated carbocycles. The van der Waals surface area contributed by atoms with Crippen molar-refractivity contribution >= 4 is 5.91 Å². The highest BCUT2D eigenvalue weighted by atomic mass is 16.2. The molecule has 5 nitrogen and oxygen atoms in total. The molecule has 1 aromatic heterocycles. The van der Waals surface area contributed by atoms with E-state index in [0.717, 1.165) is 24.4 Å². The van der Waals surface area contributed by atoms with E-state index in [-0.39, 0.29) is 18.0 Å². The third-order valence-electron chi connectivity index (χ3n) is 3.31. The van der Waals surface area contributed by atoms with Gasteiger partial charge < -0.3 is 10.6 Å². The lowest BCUT2D eigenvalue weighted by Crippen LogP contribution is -2.37. The van der Waals surface area contributed by atoms with Crippen LogP contribution in [-0.2, 0) is 4.79 Å². The van der Waals surface area contributed by atoms with Gasteiger partial charge in [-0.1, -0.05) is 0 Å². The molecule has 0 bridgehead atoms. The number of aromatic nitrogens is 2. The number of rotatable bonds is 2. The molecule has 2 rings (SSSR count). The van der Waals surface area contributed by atoms with E-state index in [9.17, 15) is 4.79 Å². The summed E-state index contributed by atoms with van der Waals surface area (Å²) in [4.78, 5) is 14.1. The number of carbonyl (C=O) groups is 1. The maximum absolute atomic E-state index is 12.3. The summed E-state index contributed by atoms with van der Waals surface area (Å²) in [6, 6.07) is 1.88. The van der Waals surface area contributed by atoms with E-state index in [1.54, 1.807) is 4.68 Å². The van der Waals surface area contributed by atoms with Gasteiger partial charge in [0.15, 0.2) is 0 Å². The van der Waals surface area contributed by atoms with Crippen molar-refractivity contribution in [2.24, 2.45) is 5.73 Å². The maximum atomic E-state index is 12.3. The van der Waals surface area contributed by atoms with Crippen LogP contribution in [0.3, 0.4) is 0 Å². The molecule has 0 aromatic carbocycles. The molecule has 1 aliphatic heterocycles. The fraction of sp³-hybridized carbons (Fsp3) is 0.667. The first-order chi connectivity index (χ1) is 7.99. The van der Waals surface area contributed by atoms with Gasteiger partial charge in [-0.3, -0.25) is 9.48 Å². The lowest BCUT2D eigenvalue weighted by molar-refractivity contribution is -0.133. The molecule has 2 atom stereocenters. The molecule has 17 heavy (non-hydrogen) atoms. The summed E-state index contributed by atoms with van der Waals surface area (Å²) in [5.41, 5.74) is 7.78. The fourth-order valence-electron chi connectivity index (χ4n) is 2.39. The number of nitrogens with zero attached hydrogens (tertiary/aromatic N) is 3. The molecule has 0 spiro atoms. The number of aryl methyl sites for hydroxylation is 2. The molecular formula is C12H20N4O. The predicted octanol–water partition coefficient (Wildman–Crippen LogP) is 0.621. The van der Waals surface area contributed by atoms with Gasteiger partial charge in [-0.2, -0.15) is 5.10 Å². The minimum absolute atomic E-state index is 0.115. The van der Waals surface area contributed by atoms with Crippen LogP contribution in [0.25, 0.3) is 0 Å². The van der Waals surface area contributed by atoms with Crippen molar-refractivity contribution in [3.8, 4) is 0 Å². The number of nitrogens with two attached hydrogens (primary N) is 1. The van der Waals surface area contributed by atoms with Crippen molar-refractivity contribution in [1.29, 1.82) is 0 Å². The quantitative estimate of drug-likeness (QED) is 0.818. The van der Waals surface area contributed by atoms with Gasteiger partial charge in [0.1, 0.15) is 6.04 Å². The molecule has 1 saturated heterocycles. The first-order valence-electron chi connectivity index (χ1n) is 6.06. The van der Waals surface area contributed by atoms with Gasteiger partial charge in [0.2, 0.25) is 5.91 Å². The number of amides is 1. The Morgan fingerprint density at radius 3 is 2.76 bits per heavy atom. The zero-order chi connectivity index (χ0) is 12.6. The van der Waals surface area contributed by atoms with Crippen LogP contribution in [-0.4, -0.2) is 39.7 Å². The maximum Gasteiger partial charge on any atom is 0.247 e. The van der Waals surface area contributed by atoms with Crippen LogP contribution in [0.15, 0.2) is 6.07 Å². The Morgan fingerprint density at radius 2 is 2.29 bits per heavy atom. The zero-order valence-corrected chi connectivity index (χ0v) is 10.7. The monoisotopic (exact) mass is 236 g/mol. The van der Waals surface area contributed by atoms with E-state index in [1.807, 2.05) is 31.7 Å². The van der Waals surface area contributed by atoms with Crippen LogP contribution >= 0.6 is 0 Å². The Hall–Kier alpha value is -1.36. The van der Waals surface area contributed by atoms with Gasteiger partial charge in [-0.15, -0.1) is 0 Å². The summed E-state index contributed by atoms with van der Waals surface area (Å²) < 4.78 is 1.79. The van der Waals surface area contributed by atoms with Gasteiger partial charge in [-0.05, 0) is 33.3 Å². The Morgan fingerprint density at radius 1 is 1.59 bits per heavy atom. The molecule has 1 unspecified atom stereocenters. The molecule has 0 radical (unpaired) electrons. The summed E-state index contributed by atoms with van der Waals surface area (Å²) in [5, 5.41) is 4.36. The van der Waals surface area contributed by atoms with Gasteiger partial charge in [0.05, 0.1) is 5.69 Å². The van der Waals surface area contributed by atoms with Crippen molar-refractivity contribution in [2.45, 2.75) is 39.3 Å². The van der Waals surface area contributed by atoms with Crippen LogP contribution < -0.4 is 5.73 Å². The minimum Gasteiger partial charge on any atom is -0.339 e. The molecule has 5 heteroatoms. The summed E-state index contributed by atoms with van der Waals surface area (Å²) in [6.07, 6.45) is 0.898.